The molecule has 0 unspecified atom stereocenters. The third-order valence-electron chi connectivity index (χ3n) is 8.52. The van der Waals surface area contributed by atoms with E-state index < -0.39 is 0 Å². The first-order chi connectivity index (χ1) is 18.6. The van der Waals surface area contributed by atoms with Gasteiger partial charge in [0.25, 0.3) is 6.71 Å². The molecule has 3 nitrogen and oxygen atoms in total. The number of ether oxygens (including phenoxy) is 1. The lowest BCUT2D eigenvalue weighted by molar-refractivity contribution is 0.486. The number of fused-ring (bicyclic) bond motifs is 4. The molecule has 204 valence electrons. The third kappa shape index (κ3) is 4.29. The molecule has 0 saturated heterocycles. The molecular formula is C36H41BN2O. The fourth-order valence-electron chi connectivity index (χ4n) is 6.10. The largest absolute Gasteiger partial charge is 0.458 e. The van der Waals surface area contributed by atoms with E-state index in [0.717, 1.165) is 22.9 Å². The molecule has 0 saturated carbocycles. The highest BCUT2D eigenvalue weighted by Crippen LogP contribution is 2.43. The zero-order chi connectivity index (χ0) is 28.8. The van der Waals surface area contributed by atoms with Gasteiger partial charge in [-0.05, 0) is 79.7 Å². The molecular weight excluding hydrogens is 487 g/mol. The van der Waals surface area contributed by atoms with E-state index in [-0.39, 0.29) is 23.0 Å². The zero-order valence-electron chi connectivity index (χ0n) is 25.4. The molecule has 0 aromatic heterocycles. The Morgan fingerprint density at radius 3 is 1.73 bits per heavy atom. The Morgan fingerprint density at radius 1 is 0.575 bits per heavy atom. The van der Waals surface area contributed by atoms with Gasteiger partial charge in [-0.15, -0.1) is 0 Å². The molecule has 0 fully saturated rings. The first-order valence-electron chi connectivity index (χ1n) is 14.4. The van der Waals surface area contributed by atoms with Gasteiger partial charge >= 0.3 is 0 Å². The summed E-state index contributed by atoms with van der Waals surface area (Å²) < 4.78 is 6.63. The van der Waals surface area contributed by atoms with Crippen molar-refractivity contribution in [3.05, 3.63) is 89.5 Å². The smallest absolute Gasteiger partial charge is 0.256 e. The van der Waals surface area contributed by atoms with Gasteiger partial charge in [-0.1, -0.05) is 98.7 Å². The average Bonchev–Trinajstić information content (AvgIpc) is 2.86. The average molecular weight is 529 g/mol. The van der Waals surface area contributed by atoms with Gasteiger partial charge in [0.1, 0.15) is 11.5 Å². The van der Waals surface area contributed by atoms with Crippen LogP contribution in [-0.2, 0) is 16.2 Å². The number of rotatable bonds is 1. The maximum Gasteiger partial charge on any atom is 0.256 e. The summed E-state index contributed by atoms with van der Waals surface area (Å²) in [6, 6.07) is 26.8. The van der Waals surface area contributed by atoms with Crippen LogP contribution in [0.5, 0.6) is 11.5 Å². The van der Waals surface area contributed by atoms with Crippen molar-refractivity contribution in [3.63, 3.8) is 0 Å². The minimum Gasteiger partial charge on any atom is -0.458 e. The molecule has 0 atom stereocenters. The normalized spacial score (nSPS) is 14.3. The second-order valence-electron chi connectivity index (χ2n) is 14.6. The predicted molar refractivity (Wildman–Crippen MR) is 173 cm³/mol. The van der Waals surface area contributed by atoms with Gasteiger partial charge in [0.05, 0.1) is 0 Å². The number of anilines is 4. The van der Waals surface area contributed by atoms with Gasteiger partial charge in [0.2, 0.25) is 0 Å². The van der Waals surface area contributed by atoms with Gasteiger partial charge in [0, 0.05) is 28.8 Å². The van der Waals surface area contributed by atoms with E-state index in [1.165, 1.54) is 38.8 Å². The van der Waals surface area contributed by atoms with Crippen molar-refractivity contribution in [3.8, 4) is 11.5 Å². The second kappa shape index (κ2) is 8.67. The van der Waals surface area contributed by atoms with Gasteiger partial charge in [0.15, 0.2) is 0 Å². The second-order valence-corrected chi connectivity index (χ2v) is 14.6. The van der Waals surface area contributed by atoms with Crippen LogP contribution in [0.1, 0.15) is 79.0 Å². The lowest BCUT2D eigenvalue weighted by Crippen LogP contribution is -2.60. The maximum atomic E-state index is 6.63. The summed E-state index contributed by atoms with van der Waals surface area (Å²) in [5.41, 5.74) is 18.5. The van der Waals surface area contributed by atoms with E-state index in [2.05, 4.69) is 134 Å². The molecule has 0 aliphatic carbocycles. The summed E-state index contributed by atoms with van der Waals surface area (Å²) >= 11 is 0. The molecule has 4 heteroatoms. The van der Waals surface area contributed by atoms with Crippen LogP contribution in [0.3, 0.4) is 0 Å². The van der Waals surface area contributed by atoms with Crippen LogP contribution in [0.4, 0.5) is 22.7 Å². The van der Waals surface area contributed by atoms with Crippen molar-refractivity contribution in [1.29, 1.82) is 0 Å². The molecule has 2 N–H and O–H groups in total. The van der Waals surface area contributed by atoms with Gasteiger partial charge < -0.3 is 15.4 Å². The minimum absolute atomic E-state index is 0.0275. The quantitative estimate of drug-likeness (QED) is 0.177. The molecule has 0 spiro atoms. The predicted octanol–water partition coefficient (Wildman–Crippen LogP) is 7.57. The van der Waals surface area contributed by atoms with Crippen LogP contribution in [-0.4, -0.2) is 6.71 Å². The van der Waals surface area contributed by atoms with E-state index in [1.54, 1.807) is 0 Å². The minimum atomic E-state index is 0.0275. The van der Waals surface area contributed by atoms with Crippen LogP contribution in [0.15, 0.2) is 72.8 Å². The molecule has 2 aliphatic heterocycles. The summed E-state index contributed by atoms with van der Waals surface area (Å²) in [6.07, 6.45) is 0. The van der Waals surface area contributed by atoms with Crippen molar-refractivity contribution in [2.24, 2.45) is 0 Å². The molecule has 2 aliphatic rings. The van der Waals surface area contributed by atoms with Crippen LogP contribution < -0.4 is 31.8 Å². The number of nitrogens with two attached hydrogens (primary N) is 1. The molecule has 4 aromatic carbocycles. The third-order valence-corrected chi connectivity index (χ3v) is 8.52. The lowest BCUT2D eigenvalue weighted by Gasteiger charge is -2.41. The number of hydrogen-bond donors (Lipinski definition) is 1. The fraction of sp³-hybridized carbons (Fsp3) is 0.333. The first kappa shape index (κ1) is 26.6. The van der Waals surface area contributed by atoms with E-state index >= 15 is 0 Å². The van der Waals surface area contributed by atoms with Crippen molar-refractivity contribution >= 4 is 45.9 Å². The van der Waals surface area contributed by atoms with Crippen molar-refractivity contribution in [2.75, 3.05) is 10.6 Å². The van der Waals surface area contributed by atoms with Gasteiger partial charge in [-0.2, -0.15) is 0 Å². The highest BCUT2D eigenvalue weighted by atomic mass is 16.5. The lowest BCUT2D eigenvalue weighted by atomic mass is 9.33. The van der Waals surface area contributed by atoms with Crippen molar-refractivity contribution in [1.82, 2.24) is 0 Å². The van der Waals surface area contributed by atoms with Crippen LogP contribution in [0.2, 0.25) is 0 Å². The van der Waals surface area contributed by atoms with E-state index in [1.807, 2.05) is 6.07 Å². The van der Waals surface area contributed by atoms with E-state index in [9.17, 15) is 0 Å². The van der Waals surface area contributed by atoms with Crippen LogP contribution in [0.25, 0.3) is 0 Å². The SMILES string of the molecule is CC(C)(C)c1ccc(N2c3ccc(C(C)(C)C)cc3B3c4cc(C(C)(C)C)ccc4Oc4cc(N)cc2c43)cc1. The first-order valence-corrected chi connectivity index (χ1v) is 14.4. The van der Waals surface area contributed by atoms with E-state index in [0.29, 0.717) is 5.69 Å². The Hall–Kier alpha value is -3.66. The molecule has 2 heterocycles. The molecule has 4 aromatic rings. The Bertz CT molecular complexity index is 1630. The molecule has 6 rings (SSSR count). The standard InChI is InChI=1S/C36H41BN2O/c1-34(2,3)22-10-14-26(15-11-22)39-29-16-12-23(35(4,5)6)18-27(29)37-28-19-24(36(7,8)9)13-17-31(28)40-32-21-25(38)20-30(39)33(32)37/h10-21H,38H2,1-9H3. The van der Waals surface area contributed by atoms with Crippen LogP contribution >= 0.6 is 0 Å². The highest BCUT2D eigenvalue weighted by Gasteiger charge is 2.43. The summed E-state index contributed by atoms with van der Waals surface area (Å²) in [5.74, 6) is 1.76. The Morgan fingerprint density at radius 2 is 1.12 bits per heavy atom. The number of nitrogens with zero attached hydrogens (tertiary/aromatic N) is 1. The Balaban J connectivity index is 1.65. The van der Waals surface area contributed by atoms with E-state index in [4.69, 9.17) is 10.5 Å². The topological polar surface area (TPSA) is 38.5 Å². The number of hydrogen-bond acceptors (Lipinski definition) is 3. The maximum absolute atomic E-state index is 6.63. The van der Waals surface area contributed by atoms with Gasteiger partial charge in [-0.25, -0.2) is 0 Å². The van der Waals surface area contributed by atoms with Gasteiger partial charge in [-0.3, -0.25) is 0 Å². The number of nitrogen functional groups attached to an aromatic ring is 1. The zero-order valence-corrected chi connectivity index (χ0v) is 25.4. The Kier molecular flexibility index (Phi) is 5.76. The summed E-state index contributed by atoms with van der Waals surface area (Å²) in [4.78, 5) is 2.38. The monoisotopic (exact) mass is 528 g/mol. The summed E-state index contributed by atoms with van der Waals surface area (Å²) in [7, 11) is 0. The van der Waals surface area contributed by atoms with Crippen LogP contribution in [0, 0.1) is 0 Å². The highest BCUT2D eigenvalue weighted by molar-refractivity contribution is 6.99. The van der Waals surface area contributed by atoms with Crippen molar-refractivity contribution in [2.45, 2.75) is 78.6 Å². The summed E-state index contributed by atoms with van der Waals surface area (Å²) in [5, 5.41) is 0. The Labute approximate surface area is 240 Å². The summed E-state index contributed by atoms with van der Waals surface area (Å²) in [6.45, 7) is 20.5. The number of benzene rings is 4. The molecule has 0 radical (unpaired) electrons. The van der Waals surface area contributed by atoms with Crippen molar-refractivity contribution < 1.29 is 4.74 Å². The molecule has 0 bridgehead atoms. The molecule has 40 heavy (non-hydrogen) atoms. The fourth-order valence-corrected chi connectivity index (χ4v) is 6.10. The molecule has 0 amide bonds.